The molecule has 0 saturated carbocycles. The van der Waals surface area contributed by atoms with Gasteiger partial charge in [0.2, 0.25) is 19.7 Å². The summed E-state index contributed by atoms with van der Waals surface area (Å²) in [6, 6.07) is 26.9. The molecular weight excluding hydrogens is 757 g/mol. The first kappa shape index (κ1) is 39.1. The molecule has 6 rings (SSSR count). The molecule has 0 unspecified atom stereocenters. The number of sulfone groups is 2. The molecule has 0 fully saturated rings. The second-order valence-corrected chi connectivity index (χ2v) is 17.8. The van der Waals surface area contributed by atoms with Crippen LogP contribution in [0.25, 0.3) is 22.3 Å². The van der Waals surface area contributed by atoms with E-state index in [1.165, 1.54) is 42.7 Å². The molecule has 0 bridgehead atoms. The Hall–Kier alpha value is -5.10. The van der Waals surface area contributed by atoms with Gasteiger partial charge in [-0.05, 0) is 65.1 Å². The van der Waals surface area contributed by atoms with Crippen molar-refractivity contribution in [2.45, 2.75) is 38.1 Å². The Balaban J connectivity index is 0.000000206. The van der Waals surface area contributed by atoms with E-state index in [1.54, 1.807) is 18.2 Å². The van der Waals surface area contributed by atoms with Crippen LogP contribution in [0.15, 0.2) is 128 Å². The number of aromatic carboxylic acids is 1. The summed E-state index contributed by atoms with van der Waals surface area (Å²) in [6.07, 6.45) is 3.25. The first-order valence-corrected chi connectivity index (χ1v) is 20.6. The number of carboxylic acids is 1. The third-order valence-corrected chi connectivity index (χ3v) is 14.2. The van der Waals surface area contributed by atoms with Crippen LogP contribution in [0.4, 0.5) is 0 Å². The van der Waals surface area contributed by atoms with Gasteiger partial charge in [0.05, 0.1) is 39.4 Å². The van der Waals surface area contributed by atoms with Gasteiger partial charge in [0.15, 0.2) is 0 Å². The molecule has 5 N–H and O–H groups in total. The van der Waals surface area contributed by atoms with Crippen LogP contribution in [0.2, 0.25) is 0 Å². The van der Waals surface area contributed by atoms with Gasteiger partial charge in [-0.25, -0.2) is 31.6 Å². The highest BCUT2D eigenvalue weighted by Crippen LogP contribution is 2.32. The number of hydrogen-bond acceptors (Lipinski definition) is 12. The first-order chi connectivity index (χ1) is 25.4. The van der Waals surface area contributed by atoms with Gasteiger partial charge < -0.3 is 21.3 Å². The number of carbonyl (C=O) groups is 2. The number of aryl methyl sites for hydroxylation is 1. The van der Waals surface area contributed by atoms with Crippen LogP contribution in [0.5, 0.6) is 0 Å². The number of hydrogen-bond donors (Lipinski definition) is 4. The molecule has 0 aliphatic rings. The summed E-state index contributed by atoms with van der Waals surface area (Å²) in [4.78, 5) is 31.9. The third kappa shape index (κ3) is 9.29. The summed E-state index contributed by atoms with van der Waals surface area (Å²) in [7, 11) is -7.69. The molecule has 2 aromatic heterocycles. The van der Waals surface area contributed by atoms with Crippen molar-refractivity contribution in [1.82, 2.24) is 15.3 Å². The molecule has 0 aliphatic carbocycles. The predicted octanol–water partition coefficient (Wildman–Crippen LogP) is 5.73. The molecule has 0 atom stereocenters. The maximum atomic E-state index is 13.1. The Morgan fingerprint density at radius 3 is 1.60 bits per heavy atom. The maximum absolute atomic E-state index is 13.1. The van der Waals surface area contributed by atoms with Gasteiger partial charge in [0.25, 0.3) is 5.91 Å². The highest BCUT2D eigenvalue weighted by atomic mass is 32.2. The van der Waals surface area contributed by atoms with E-state index in [0.717, 1.165) is 38.8 Å². The summed E-state index contributed by atoms with van der Waals surface area (Å²) in [6.45, 7) is 1.91. The zero-order chi connectivity index (χ0) is 38.2. The van der Waals surface area contributed by atoms with Gasteiger partial charge in [-0.3, -0.25) is 4.79 Å². The number of thiazole rings is 2. The third-order valence-electron chi connectivity index (χ3n) is 7.63. The van der Waals surface area contributed by atoms with E-state index >= 15 is 0 Å². The number of carbonyl (C=O) groups excluding carboxylic acids is 1. The first-order valence-electron chi connectivity index (χ1n) is 16.0. The number of carboxylic acid groups (broad SMARTS) is 1. The summed E-state index contributed by atoms with van der Waals surface area (Å²) >= 11 is 2.11. The maximum Gasteiger partial charge on any atom is 0.335 e. The Kier molecular flexibility index (Phi) is 12.7. The molecule has 0 aliphatic heterocycles. The molecule has 4 aromatic carbocycles. The predicted molar refractivity (Wildman–Crippen MR) is 203 cm³/mol. The Bertz CT molecular complexity index is 2450. The lowest BCUT2D eigenvalue weighted by atomic mass is 10.0. The Morgan fingerprint density at radius 1 is 0.698 bits per heavy atom. The SMILES string of the molecule is CCc1ncc(S(=O)(=O)c2cc(C(=O)O)cc(-c3ccccc3)c2)s1.NCc1ncc(S(=O)(=O)c2cc(C(=O)NCCO)cc(-c3ccccc3)c2)s1. The fraction of sp³-hybridized carbons (Fsp3) is 0.135. The second-order valence-electron chi connectivity index (χ2n) is 11.2. The summed E-state index contributed by atoms with van der Waals surface area (Å²) in [5, 5.41) is 22.1. The lowest BCUT2D eigenvalue weighted by Gasteiger charge is -2.10. The van der Waals surface area contributed by atoms with E-state index in [9.17, 15) is 31.5 Å². The fourth-order valence-electron chi connectivity index (χ4n) is 4.95. The van der Waals surface area contributed by atoms with E-state index in [0.29, 0.717) is 22.6 Å². The molecular formula is C37H34N4O8S4. The number of aliphatic hydroxyl groups is 1. The molecule has 274 valence electrons. The van der Waals surface area contributed by atoms with E-state index in [1.807, 2.05) is 55.5 Å². The van der Waals surface area contributed by atoms with Crippen LogP contribution in [-0.2, 0) is 32.6 Å². The van der Waals surface area contributed by atoms with Crippen LogP contribution in [0, 0.1) is 0 Å². The summed E-state index contributed by atoms with van der Waals surface area (Å²) in [5.41, 5.74) is 8.33. The number of aromatic nitrogens is 2. The van der Waals surface area contributed by atoms with Crippen LogP contribution in [0.3, 0.4) is 0 Å². The smallest absolute Gasteiger partial charge is 0.335 e. The fourth-order valence-corrected chi connectivity index (χ4v) is 10.1. The normalized spacial score (nSPS) is 11.4. The van der Waals surface area contributed by atoms with E-state index in [4.69, 9.17) is 10.8 Å². The molecule has 53 heavy (non-hydrogen) atoms. The van der Waals surface area contributed by atoms with Gasteiger partial charge >= 0.3 is 5.97 Å². The molecule has 16 heteroatoms. The van der Waals surface area contributed by atoms with E-state index < -0.39 is 31.6 Å². The van der Waals surface area contributed by atoms with Crippen molar-refractivity contribution in [2.24, 2.45) is 5.73 Å². The standard InChI is InChI=1S/C19H19N3O4S2.C18H15NO4S2/c20-11-17-22-12-18(27-17)28(25,26)16-9-14(13-4-2-1-3-5-13)8-15(10-16)19(24)21-6-7-23;1-2-16-19-11-17(24-16)25(22,23)15-9-13(8-14(10-15)18(20)21)12-6-4-3-5-7-12/h1-5,8-10,12,23H,6-7,11,20H2,(H,21,24);3-11H,2H2,1H3,(H,20,21). The van der Waals surface area contributed by atoms with Gasteiger partial charge in [-0.2, -0.15) is 0 Å². The van der Waals surface area contributed by atoms with Crippen LogP contribution < -0.4 is 11.1 Å². The van der Waals surface area contributed by atoms with Crippen molar-refractivity contribution in [1.29, 1.82) is 0 Å². The van der Waals surface area contributed by atoms with Crippen molar-refractivity contribution in [3.05, 3.63) is 131 Å². The second kappa shape index (κ2) is 17.2. The minimum absolute atomic E-state index is 0.00442. The lowest BCUT2D eigenvalue weighted by molar-refractivity contribution is 0.0696. The zero-order valence-corrected chi connectivity index (χ0v) is 31.4. The molecule has 12 nitrogen and oxygen atoms in total. The number of nitrogens with two attached hydrogens (primary N) is 1. The van der Waals surface area contributed by atoms with Gasteiger partial charge in [-0.15, -0.1) is 22.7 Å². The Morgan fingerprint density at radius 2 is 1.17 bits per heavy atom. The van der Waals surface area contributed by atoms with E-state index in [-0.39, 0.29) is 49.0 Å². The van der Waals surface area contributed by atoms with Crippen LogP contribution >= 0.6 is 22.7 Å². The number of nitrogens with zero attached hydrogens (tertiary/aromatic N) is 2. The quantitative estimate of drug-likeness (QED) is 0.118. The number of amides is 1. The molecule has 2 heterocycles. The van der Waals surface area contributed by atoms with Gasteiger partial charge in [0.1, 0.15) is 13.4 Å². The molecule has 1 amide bonds. The minimum Gasteiger partial charge on any atom is -0.478 e. The minimum atomic E-state index is -3.86. The molecule has 0 spiro atoms. The number of aliphatic hydroxyl groups excluding tert-OH is 1. The number of benzene rings is 4. The highest BCUT2D eigenvalue weighted by Gasteiger charge is 2.25. The van der Waals surface area contributed by atoms with Crippen molar-refractivity contribution >= 4 is 54.2 Å². The lowest BCUT2D eigenvalue weighted by Crippen LogP contribution is -2.26. The van der Waals surface area contributed by atoms with Crippen LogP contribution in [-0.4, -0.2) is 62.0 Å². The summed E-state index contributed by atoms with van der Waals surface area (Å²) < 4.78 is 52.2. The van der Waals surface area contributed by atoms with E-state index in [2.05, 4.69) is 15.3 Å². The van der Waals surface area contributed by atoms with Gasteiger partial charge in [-0.1, -0.05) is 67.6 Å². The zero-order valence-electron chi connectivity index (χ0n) is 28.2. The van der Waals surface area contributed by atoms with Crippen molar-refractivity contribution in [3.63, 3.8) is 0 Å². The molecule has 6 aromatic rings. The van der Waals surface area contributed by atoms with Crippen molar-refractivity contribution in [2.75, 3.05) is 13.2 Å². The monoisotopic (exact) mass is 790 g/mol. The topological polar surface area (TPSA) is 207 Å². The van der Waals surface area contributed by atoms with Crippen molar-refractivity contribution < 1.29 is 36.6 Å². The largest absolute Gasteiger partial charge is 0.478 e. The number of nitrogens with one attached hydrogen (secondary N) is 1. The Labute approximate surface area is 314 Å². The summed E-state index contributed by atoms with van der Waals surface area (Å²) in [5.74, 6) is -1.64. The number of rotatable bonds is 12. The average molecular weight is 791 g/mol. The average Bonchev–Trinajstić information content (AvgIpc) is 3.89. The van der Waals surface area contributed by atoms with Gasteiger partial charge in [0, 0.05) is 18.7 Å². The molecule has 0 radical (unpaired) electrons. The highest BCUT2D eigenvalue weighted by molar-refractivity contribution is 7.93. The molecule has 0 saturated heterocycles. The van der Waals surface area contributed by atoms with Crippen molar-refractivity contribution in [3.8, 4) is 22.3 Å². The van der Waals surface area contributed by atoms with Crippen LogP contribution in [0.1, 0.15) is 37.7 Å².